The summed E-state index contributed by atoms with van der Waals surface area (Å²) in [7, 11) is 1.84. The van der Waals surface area contributed by atoms with E-state index in [1.165, 1.54) is 5.56 Å². The highest BCUT2D eigenvalue weighted by molar-refractivity contribution is 5.94. The van der Waals surface area contributed by atoms with Crippen molar-refractivity contribution in [3.8, 4) is 0 Å². The monoisotopic (exact) mass is 282 g/mol. The minimum absolute atomic E-state index is 0.0296. The first-order valence-electron chi connectivity index (χ1n) is 7.32. The number of anilines is 1. The van der Waals surface area contributed by atoms with E-state index in [1.54, 1.807) is 23.1 Å². The van der Waals surface area contributed by atoms with E-state index in [-0.39, 0.29) is 5.91 Å². The third kappa shape index (κ3) is 4.63. The number of aryl methyl sites for hydroxylation is 1. The Balaban J connectivity index is 1.76. The number of nitrogens with two attached hydrogens (primary N) is 1. The lowest BCUT2D eigenvalue weighted by molar-refractivity contribution is 0.0793. The zero-order valence-corrected chi connectivity index (χ0v) is 12.5. The molecule has 3 heteroatoms. The molecule has 3 nitrogen and oxygen atoms in total. The summed E-state index contributed by atoms with van der Waals surface area (Å²) in [4.78, 5) is 14.0. The quantitative estimate of drug-likeness (QED) is 0.652. The van der Waals surface area contributed by atoms with Crippen LogP contribution >= 0.6 is 0 Å². The molecule has 0 saturated carbocycles. The highest BCUT2D eigenvalue weighted by Crippen LogP contribution is 2.10. The van der Waals surface area contributed by atoms with Crippen molar-refractivity contribution in [1.82, 2.24) is 4.90 Å². The summed E-state index contributed by atoms with van der Waals surface area (Å²) in [6.07, 6.45) is 3.14. The number of nitrogen functional groups attached to an aromatic ring is 1. The van der Waals surface area contributed by atoms with Crippen LogP contribution in [0.15, 0.2) is 54.6 Å². The van der Waals surface area contributed by atoms with Gasteiger partial charge in [0, 0.05) is 24.8 Å². The molecule has 0 atom stereocenters. The molecule has 2 N–H and O–H groups in total. The van der Waals surface area contributed by atoms with Crippen molar-refractivity contribution in [2.24, 2.45) is 0 Å². The number of rotatable bonds is 6. The van der Waals surface area contributed by atoms with Crippen LogP contribution in [0.25, 0.3) is 0 Å². The minimum atomic E-state index is 0.0296. The molecule has 1 amide bonds. The fourth-order valence-electron chi connectivity index (χ4n) is 2.32. The maximum Gasteiger partial charge on any atom is 0.253 e. The first-order valence-corrected chi connectivity index (χ1v) is 7.32. The number of carbonyl (C=O) groups is 1. The molecule has 0 unspecified atom stereocenters. The lowest BCUT2D eigenvalue weighted by atomic mass is 10.1. The number of benzene rings is 2. The first-order chi connectivity index (χ1) is 10.2. The highest BCUT2D eigenvalue weighted by Gasteiger charge is 2.11. The summed E-state index contributed by atoms with van der Waals surface area (Å²) in [6, 6.07) is 17.6. The molecule has 0 bridgehead atoms. The molecular weight excluding hydrogens is 260 g/mol. The van der Waals surface area contributed by atoms with Gasteiger partial charge in [0.1, 0.15) is 0 Å². The highest BCUT2D eigenvalue weighted by atomic mass is 16.2. The second-order valence-electron chi connectivity index (χ2n) is 5.29. The number of nitrogens with zero attached hydrogens (tertiary/aromatic N) is 1. The van der Waals surface area contributed by atoms with E-state index in [9.17, 15) is 4.79 Å². The Kier molecular flexibility index (Phi) is 5.38. The fourth-order valence-corrected chi connectivity index (χ4v) is 2.32. The molecule has 0 fully saturated rings. The Morgan fingerprint density at radius 1 is 1.05 bits per heavy atom. The summed E-state index contributed by atoms with van der Waals surface area (Å²) >= 11 is 0. The van der Waals surface area contributed by atoms with Crippen molar-refractivity contribution in [3.05, 3.63) is 65.7 Å². The van der Waals surface area contributed by atoms with Crippen molar-refractivity contribution >= 4 is 11.6 Å². The van der Waals surface area contributed by atoms with E-state index in [0.717, 1.165) is 25.8 Å². The largest absolute Gasteiger partial charge is 0.399 e. The standard InChI is InChI=1S/C18H22N2O/c1-20(18(21)16-11-7-12-17(19)14-16)13-6-5-10-15-8-3-2-4-9-15/h2-4,7-9,11-12,14H,5-6,10,13,19H2,1H3. The Labute approximate surface area is 126 Å². The van der Waals surface area contributed by atoms with Crippen molar-refractivity contribution in [2.45, 2.75) is 19.3 Å². The molecule has 0 aliphatic carbocycles. The molecular formula is C18H22N2O. The number of unbranched alkanes of at least 4 members (excludes halogenated alkanes) is 1. The average Bonchev–Trinajstić information content (AvgIpc) is 2.51. The van der Waals surface area contributed by atoms with Gasteiger partial charge in [0.05, 0.1) is 0 Å². The predicted octanol–water partition coefficient (Wildman–Crippen LogP) is 3.36. The van der Waals surface area contributed by atoms with Gasteiger partial charge in [-0.05, 0) is 43.0 Å². The van der Waals surface area contributed by atoms with Crippen LogP contribution in [0.5, 0.6) is 0 Å². The topological polar surface area (TPSA) is 46.3 Å². The van der Waals surface area contributed by atoms with Gasteiger partial charge in [-0.15, -0.1) is 0 Å². The average molecular weight is 282 g/mol. The van der Waals surface area contributed by atoms with E-state index >= 15 is 0 Å². The van der Waals surface area contributed by atoms with Crippen LogP contribution in [0.2, 0.25) is 0 Å². The lowest BCUT2D eigenvalue weighted by Gasteiger charge is -2.17. The van der Waals surface area contributed by atoms with Crippen molar-refractivity contribution in [1.29, 1.82) is 0 Å². The van der Waals surface area contributed by atoms with Crippen molar-refractivity contribution in [2.75, 3.05) is 19.3 Å². The summed E-state index contributed by atoms with van der Waals surface area (Å²) in [5, 5.41) is 0. The SMILES string of the molecule is CN(CCCCc1ccccc1)C(=O)c1cccc(N)c1. The molecule has 0 radical (unpaired) electrons. The Bertz CT molecular complexity index is 581. The van der Waals surface area contributed by atoms with Gasteiger partial charge >= 0.3 is 0 Å². The molecule has 2 aromatic rings. The van der Waals surface area contributed by atoms with Gasteiger partial charge in [0.15, 0.2) is 0 Å². The number of carbonyl (C=O) groups excluding carboxylic acids is 1. The molecule has 21 heavy (non-hydrogen) atoms. The summed E-state index contributed by atoms with van der Waals surface area (Å²) < 4.78 is 0. The Hall–Kier alpha value is -2.29. The van der Waals surface area contributed by atoms with Crippen LogP contribution in [0, 0.1) is 0 Å². The molecule has 110 valence electrons. The second-order valence-corrected chi connectivity index (χ2v) is 5.29. The Morgan fingerprint density at radius 2 is 1.81 bits per heavy atom. The minimum Gasteiger partial charge on any atom is -0.399 e. The van der Waals surface area contributed by atoms with Crippen molar-refractivity contribution < 1.29 is 4.79 Å². The molecule has 0 aromatic heterocycles. The Morgan fingerprint density at radius 3 is 2.52 bits per heavy atom. The maximum atomic E-state index is 12.2. The van der Waals surface area contributed by atoms with Crippen LogP contribution in [0.1, 0.15) is 28.8 Å². The molecule has 0 spiro atoms. The van der Waals surface area contributed by atoms with Crippen LogP contribution < -0.4 is 5.73 Å². The lowest BCUT2D eigenvalue weighted by Crippen LogP contribution is -2.27. The van der Waals surface area contributed by atoms with Gasteiger partial charge in [0.2, 0.25) is 0 Å². The van der Waals surface area contributed by atoms with E-state index in [4.69, 9.17) is 5.73 Å². The number of amides is 1. The van der Waals surface area contributed by atoms with Gasteiger partial charge in [-0.3, -0.25) is 4.79 Å². The molecule has 0 aliphatic rings. The van der Waals surface area contributed by atoms with Crippen LogP contribution in [-0.2, 0) is 6.42 Å². The molecule has 2 rings (SSSR count). The number of hydrogen-bond acceptors (Lipinski definition) is 2. The maximum absolute atomic E-state index is 12.2. The molecule has 0 saturated heterocycles. The third-order valence-electron chi connectivity index (χ3n) is 3.53. The van der Waals surface area contributed by atoms with Crippen LogP contribution in [0.4, 0.5) is 5.69 Å². The van der Waals surface area contributed by atoms with E-state index in [1.807, 2.05) is 19.2 Å². The molecule has 0 heterocycles. The third-order valence-corrected chi connectivity index (χ3v) is 3.53. The molecule has 0 aliphatic heterocycles. The van der Waals surface area contributed by atoms with Crippen molar-refractivity contribution in [3.63, 3.8) is 0 Å². The summed E-state index contributed by atoms with van der Waals surface area (Å²) in [5.41, 5.74) is 8.34. The second kappa shape index (κ2) is 7.48. The summed E-state index contributed by atoms with van der Waals surface area (Å²) in [6.45, 7) is 0.764. The van der Waals surface area contributed by atoms with E-state index in [2.05, 4.69) is 24.3 Å². The predicted molar refractivity (Wildman–Crippen MR) is 87.2 cm³/mol. The van der Waals surface area contributed by atoms with Gasteiger partial charge in [-0.2, -0.15) is 0 Å². The van der Waals surface area contributed by atoms with Gasteiger partial charge in [0.25, 0.3) is 5.91 Å². The normalized spacial score (nSPS) is 10.3. The van der Waals surface area contributed by atoms with E-state index < -0.39 is 0 Å². The fraction of sp³-hybridized carbons (Fsp3) is 0.278. The zero-order valence-electron chi connectivity index (χ0n) is 12.5. The zero-order chi connectivity index (χ0) is 15.1. The van der Waals surface area contributed by atoms with Gasteiger partial charge in [-0.1, -0.05) is 36.4 Å². The smallest absolute Gasteiger partial charge is 0.253 e. The van der Waals surface area contributed by atoms with E-state index in [0.29, 0.717) is 11.3 Å². The first kappa shape index (κ1) is 15.1. The van der Waals surface area contributed by atoms with Crippen LogP contribution in [0.3, 0.4) is 0 Å². The molecule has 2 aromatic carbocycles. The summed E-state index contributed by atoms with van der Waals surface area (Å²) in [5.74, 6) is 0.0296. The van der Waals surface area contributed by atoms with Crippen LogP contribution in [-0.4, -0.2) is 24.4 Å². The number of hydrogen-bond donors (Lipinski definition) is 1. The van der Waals surface area contributed by atoms with Gasteiger partial charge in [-0.25, -0.2) is 0 Å². The van der Waals surface area contributed by atoms with Gasteiger partial charge < -0.3 is 10.6 Å².